The minimum Gasteiger partial charge on any atom is -0.496 e. The smallest absolute Gasteiger partial charge is 0.308 e. The molecule has 0 heterocycles. The average molecular weight is 401 g/mol. The first-order valence-corrected chi connectivity index (χ1v) is 8.57. The summed E-state index contributed by atoms with van der Waals surface area (Å²) in [4.78, 5) is 23.6. The van der Waals surface area contributed by atoms with E-state index in [1.165, 1.54) is 47.5 Å². The molecule has 0 aliphatic heterocycles. The van der Waals surface area contributed by atoms with Gasteiger partial charge in [-0.05, 0) is 18.2 Å². The Hall–Kier alpha value is -3.68. The fourth-order valence-corrected chi connectivity index (χ4v) is 2.53. The van der Waals surface area contributed by atoms with Crippen molar-refractivity contribution in [2.45, 2.75) is 6.92 Å². The van der Waals surface area contributed by atoms with E-state index in [1.807, 2.05) is 0 Å². The number of ether oxygens (including phenoxy) is 5. The molecule has 0 saturated carbocycles. The van der Waals surface area contributed by atoms with Gasteiger partial charge in [-0.3, -0.25) is 9.59 Å². The van der Waals surface area contributed by atoms with Crippen LogP contribution in [0.4, 0.5) is 5.69 Å². The maximum absolute atomic E-state index is 12.4. The molecule has 0 radical (unpaired) electrons. The number of hydrogen-bond acceptors (Lipinski definition) is 7. The Morgan fingerprint density at radius 2 is 1.45 bits per heavy atom. The highest BCUT2D eigenvalue weighted by Crippen LogP contribution is 2.35. The summed E-state index contributed by atoms with van der Waals surface area (Å²) in [5.74, 6) is 1.24. The van der Waals surface area contributed by atoms with Gasteiger partial charge in [0.2, 0.25) is 5.91 Å². The molecule has 1 N–H and O–H groups in total. The Labute approximate surface area is 169 Å². The van der Waals surface area contributed by atoms with Gasteiger partial charge in [-0.2, -0.15) is 0 Å². The van der Waals surface area contributed by atoms with Crippen LogP contribution in [0.1, 0.15) is 12.5 Å². The second-order valence-electron chi connectivity index (χ2n) is 5.73. The van der Waals surface area contributed by atoms with Crippen LogP contribution in [0.25, 0.3) is 6.08 Å². The number of rotatable bonds is 8. The zero-order valence-electron chi connectivity index (χ0n) is 16.9. The largest absolute Gasteiger partial charge is 0.496 e. The molecule has 0 aliphatic carbocycles. The number of carbonyl (C=O) groups excluding carboxylic acids is 2. The lowest BCUT2D eigenvalue weighted by Gasteiger charge is -2.12. The summed E-state index contributed by atoms with van der Waals surface area (Å²) in [5.41, 5.74) is 1.02. The van der Waals surface area contributed by atoms with Gasteiger partial charge in [-0.15, -0.1) is 0 Å². The number of benzene rings is 2. The minimum absolute atomic E-state index is 0.209. The predicted octanol–water partition coefficient (Wildman–Crippen LogP) is 3.30. The molecule has 2 aromatic rings. The lowest BCUT2D eigenvalue weighted by molar-refractivity contribution is -0.132. The molecule has 0 saturated heterocycles. The van der Waals surface area contributed by atoms with Crippen LogP contribution in [0.3, 0.4) is 0 Å². The zero-order chi connectivity index (χ0) is 21.4. The molecule has 29 heavy (non-hydrogen) atoms. The third-order valence-electron chi connectivity index (χ3n) is 3.84. The van der Waals surface area contributed by atoms with Crippen molar-refractivity contribution in [3.8, 4) is 28.7 Å². The average Bonchev–Trinajstić information content (AvgIpc) is 2.71. The standard InChI is InChI=1S/C21H23NO7/c1-13(23)29-20-10-14(6-8-17(20)26-3)22-21(24)9-7-16-18(27-4)11-15(25-2)12-19(16)28-5/h6-12H,1-5H3,(H,22,24). The zero-order valence-corrected chi connectivity index (χ0v) is 16.9. The lowest BCUT2D eigenvalue weighted by Crippen LogP contribution is -2.09. The van der Waals surface area contributed by atoms with E-state index in [9.17, 15) is 9.59 Å². The number of anilines is 1. The molecule has 154 valence electrons. The number of nitrogens with one attached hydrogen (secondary N) is 1. The molecular formula is C21H23NO7. The van der Waals surface area contributed by atoms with Crippen molar-refractivity contribution in [3.63, 3.8) is 0 Å². The van der Waals surface area contributed by atoms with Gasteiger partial charge in [-0.25, -0.2) is 0 Å². The number of methoxy groups -OCH3 is 4. The first-order chi connectivity index (χ1) is 13.9. The van der Waals surface area contributed by atoms with E-state index in [-0.39, 0.29) is 5.75 Å². The van der Waals surface area contributed by atoms with Gasteiger partial charge < -0.3 is 29.0 Å². The number of amides is 1. The molecule has 2 rings (SSSR count). The molecule has 0 aromatic heterocycles. The summed E-state index contributed by atoms with van der Waals surface area (Å²) >= 11 is 0. The van der Waals surface area contributed by atoms with E-state index in [1.54, 1.807) is 30.3 Å². The van der Waals surface area contributed by atoms with Crippen molar-refractivity contribution in [1.82, 2.24) is 0 Å². The van der Waals surface area contributed by atoms with E-state index in [4.69, 9.17) is 23.7 Å². The number of esters is 1. The Morgan fingerprint density at radius 1 is 0.828 bits per heavy atom. The lowest BCUT2D eigenvalue weighted by atomic mass is 10.1. The summed E-state index contributed by atoms with van der Waals surface area (Å²) < 4.78 is 26.1. The molecule has 0 fully saturated rings. The molecular weight excluding hydrogens is 378 g/mol. The molecule has 0 bridgehead atoms. The quantitative estimate of drug-likeness (QED) is 0.412. The van der Waals surface area contributed by atoms with Crippen LogP contribution < -0.4 is 29.0 Å². The van der Waals surface area contributed by atoms with Gasteiger partial charge in [0.1, 0.15) is 17.2 Å². The predicted molar refractivity (Wildman–Crippen MR) is 108 cm³/mol. The highest BCUT2D eigenvalue weighted by Gasteiger charge is 2.12. The SMILES string of the molecule is COc1cc(OC)c(C=CC(=O)Nc2ccc(OC)c(OC(C)=O)c2)c(OC)c1. The first kappa shape index (κ1) is 21.6. The van der Waals surface area contributed by atoms with Crippen LogP contribution in [0.2, 0.25) is 0 Å². The molecule has 0 atom stereocenters. The van der Waals surface area contributed by atoms with Gasteiger partial charge in [0.15, 0.2) is 11.5 Å². The Balaban J connectivity index is 2.23. The highest BCUT2D eigenvalue weighted by molar-refractivity contribution is 6.02. The summed E-state index contributed by atoms with van der Waals surface area (Å²) in [5, 5.41) is 2.70. The van der Waals surface area contributed by atoms with Crippen molar-refractivity contribution in [2.24, 2.45) is 0 Å². The third-order valence-corrected chi connectivity index (χ3v) is 3.84. The van der Waals surface area contributed by atoms with Crippen LogP contribution in [-0.4, -0.2) is 40.3 Å². The fourth-order valence-electron chi connectivity index (χ4n) is 2.53. The second kappa shape index (κ2) is 10.0. The van der Waals surface area contributed by atoms with Crippen LogP contribution in [0.15, 0.2) is 36.4 Å². The third kappa shape index (κ3) is 5.65. The monoisotopic (exact) mass is 401 g/mol. The molecule has 0 aliphatic rings. The molecule has 8 nitrogen and oxygen atoms in total. The van der Waals surface area contributed by atoms with Crippen molar-refractivity contribution >= 4 is 23.6 Å². The summed E-state index contributed by atoms with van der Waals surface area (Å²) in [6, 6.07) is 8.10. The molecule has 2 aromatic carbocycles. The van der Waals surface area contributed by atoms with Gasteiger partial charge >= 0.3 is 5.97 Å². The molecule has 1 amide bonds. The molecule has 0 spiro atoms. The van der Waals surface area contributed by atoms with Gasteiger partial charge in [0.25, 0.3) is 0 Å². The van der Waals surface area contributed by atoms with Crippen molar-refractivity contribution in [1.29, 1.82) is 0 Å². The summed E-state index contributed by atoms with van der Waals surface area (Å²) in [6.45, 7) is 1.28. The Kier molecular flexibility index (Phi) is 7.47. The van der Waals surface area contributed by atoms with Crippen molar-refractivity contribution in [2.75, 3.05) is 33.8 Å². The van der Waals surface area contributed by atoms with E-state index >= 15 is 0 Å². The fraction of sp³-hybridized carbons (Fsp3) is 0.238. The van der Waals surface area contributed by atoms with Gasteiger partial charge in [-0.1, -0.05) is 0 Å². The number of hydrogen-bond donors (Lipinski definition) is 1. The molecule has 0 unspecified atom stereocenters. The van der Waals surface area contributed by atoms with E-state index in [0.29, 0.717) is 34.2 Å². The summed E-state index contributed by atoms with van der Waals surface area (Å²) in [6.07, 6.45) is 2.91. The second-order valence-corrected chi connectivity index (χ2v) is 5.73. The summed E-state index contributed by atoms with van der Waals surface area (Å²) in [7, 11) is 6.02. The van der Waals surface area contributed by atoms with Gasteiger partial charge in [0.05, 0.1) is 34.0 Å². The normalized spacial score (nSPS) is 10.4. The highest BCUT2D eigenvalue weighted by atomic mass is 16.6. The maximum Gasteiger partial charge on any atom is 0.308 e. The Bertz CT molecular complexity index is 896. The van der Waals surface area contributed by atoms with Crippen LogP contribution in [0.5, 0.6) is 28.7 Å². The maximum atomic E-state index is 12.4. The van der Waals surface area contributed by atoms with Crippen molar-refractivity contribution < 1.29 is 33.3 Å². The van der Waals surface area contributed by atoms with Crippen molar-refractivity contribution in [3.05, 3.63) is 42.0 Å². The van der Waals surface area contributed by atoms with E-state index in [0.717, 1.165) is 0 Å². The number of carbonyl (C=O) groups is 2. The molecule has 8 heteroatoms. The van der Waals surface area contributed by atoms with Gasteiger partial charge in [0, 0.05) is 36.9 Å². The Morgan fingerprint density at radius 3 is 1.97 bits per heavy atom. The van der Waals surface area contributed by atoms with Crippen LogP contribution in [-0.2, 0) is 9.59 Å². The minimum atomic E-state index is -0.495. The van der Waals surface area contributed by atoms with E-state index < -0.39 is 11.9 Å². The topological polar surface area (TPSA) is 92.3 Å². The van der Waals surface area contributed by atoms with Crippen LogP contribution >= 0.6 is 0 Å². The first-order valence-electron chi connectivity index (χ1n) is 8.57. The van der Waals surface area contributed by atoms with Crippen LogP contribution in [0, 0.1) is 0 Å². The van der Waals surface area contributed by atoms with E-state index in [2.05, 4.69) is 5.32 Å².